The Bertz CT molecular complexity index is 982. The minimum absolute atomic E-state index is 0.344. The van der Waals surface area contributed by atoms with Crippen molar-refractivity contribution in [2.24, 2.45) is 0 Å². The number of nitrogens with one attached hydrogen (secondary N) is 1. The molecule has 8 heteroatoms. The van der Waals surface area contributed by atoms with Gasteiger partial charge in [-0.3, -0.25) is 4.90 Å². The number of anilines is 1. The Morgan fingerprint density at radius 3 is 2.68 bits per heavy atom. The van der Waals surface area contributed by atoms with E-state index in [0.717, 1.165) is 51.7 Å². The van der Waals surface area contributed by atoms with Crippen LogP contribution in [0.25, 0.3) is 10.2 Å². The minimum atomic E-state index is -0.710. The molecule has 4 rings (SSSR count). The van der Waals surface area contributed by atoms with Crippen LogP contribution in [-0.2, 0) is 6.54 Å². The molecule has 1 aromatic carbocycles. The van der Waals surface area contributed by atoms with Crippen molar-refractivity contribution in [3.63, 3.8) is 0 Å². The largest absolute Gasteiger partial charge is 0.497 e. The van der Waals surface area contributed by atoms with E-state index in [1.165, 1.54) is 16.9 Å². The molecule has 28 heavy (non-hydrogen) atoms. The first-order chi connectivity index (χ1) is 13.5. The summed E-state index contributed by atoms with van der Waals surface area (Å²) in [4.78, 5) is 3.55. The lowest BCUT2D eigenvalue weighted by atomic mass is 10.1. The third-order valence-electron chi connectivity index (χ3n) is 5.41. The number of aryl methyl sites for hydroxylation is 2. The highest BCUT2D eigenvalue weighted by Gasteiger charge is 2.34. The number of hydrogen-bond acceptors (Lipinski definition) is 8. The molecule has 3 heterocycles. The van der Waals surface area contributed by atoms with Crippen LogP contribution >= 0.6 is 11.3 Å². The summed E-state index contributed by atoms with van der Waals surface area (Å²) in [6.45, 7) is 6.25. The summed E-state index contributed by atoms with van der Waals surface area (Å²) in [6, 6.07) is 8.38. The molecule has 1 saturated heterocycles. The maximum atomic E-state index is 10.8. The molecule has 0 bridgehead atoms. The molecule has 1 fully saturated rings. The van der Waals surface area contributed by atoms with E-state index in [1.54, 1.807) is 7.11 Å². The molecule has 3 aromatic rings. The standard InChI is InChI=1S/C20H25N5O2S/c1-11-12(2)23-24-19-16(11)17(21)18(28-19)20(26)25-9-14(10-25)22-8-13-4-6-15(27-3)7-5-13/h4-7,14,20,22,26H,8-10,21H2,1-3H3. The summed E-state index contributed by atoms with van der Waals surface area (Å²) in [5, 5.41) is 23.7. The Balaban J connectivity index is 1.37. The van der Waals surface area contributed by atoms with Crippen LogP contribution in [0.1, 0.15) is 27.9 Å². The van der Waals surface area contributed by atoms with Gasteiger partial charge in [0.25, 0.3) is 0 Å². The fraction of sp³-hybridized carbons (Fsp3) is 0.400. The fourth-order valence-electron chi connectivity index (χ4n) is 3.46. The number of rotatable bonds is 6. The zero-order valence-electron chi connectivity index (χ0n) is 16.3. The van der Waals surface area contributed by atoms with Gasteiger partial charge in [0.1, 0.15) is 16.8 Å². The van der Waals surface area contributed by atoms with Gasteiger partial charge >= 0.3 is 0 Å². The molecule has 2 aromatic heterocycles. The molecule has 4 N–H and O–H groups in total. The van der Waals surface area contributed by atoms with Gasteiger partial charge in [0.2, 0.25) is 0 Å². The van der Waals surface area contributed by atoms with Crippen molar-refractivity contribution in [1.82, 2.24) is 20.4 Å². The molecule has 148 valence electrons. The highest BCUT2D eigenvalue weighted by atomic mass is 32.1. The fourth-order valence-corrected chi connectivity index (χ4v) is 4.58. The van der Waals surface area contributed by atoms with Crippen molar-refractivity contribution in [3.05, 3.63) is 46.0 Å². The SMILES string of the molecule is COc1ccc(CNC2CN(C(O)c3sc4nnc(C)c(C)c4c3N)C2)cc1. The number of methoxy groups -OCH3 is 1. The van der Waals surface area contributed by atoms with Gasteiger partial charge < -0.3 is 20.9 Å². The van der Waals surface area contributed by atoms with Crippen LogP contribution in [-0.4, -0.2) is 46.4 Å². The van der Waals surface area contributed by atoms with Gasteiger partial charge in [-0.2, -0.15) is 5.10 Å². The van der Waals surface area contributed by atoms with E-state index in [-0.39, 0.29) is 0 Å². The maximum Gasteiger partial charge on any atom is 0.148 e. The first-order valence-electron chi connectivity index (χ1n) is 9.28. The molecule has 1 unspecified atom stereocenters. The van der Waals surface area contributed by atoms with Gasteiger partial charge in [0.05, 0.1) is 23.4 Å². The number of aliphatic hydroxyl groups excluding tert-OH is 1. The second-order valence-corrected chi connectivity index (χ2v) is 8.25. The number of nitrogens with zero attached hydrogens (tertiary/aromatic N) is 3. The lowest BCUT2D eigenvalue weighted by Crippen LogP contribution is -2.58. The molecule has 0 saturated carbocycles. The molecule has 1 aliphatic heterocycles. The van der Waals surface area contributed by atoms with Crippen LogP contribution in [0.5, 0.6) is 5.75 Å². The molecular formula is C20H25N5O2S. The lowest BCUT2D eigenvalue weighted by molar-refractivity contribution is -0.0514. The van der Waals surface area contributed by atoms with Gasteiger partial charge in [-0.1, -0.05) is 12.1 Å². The number of aromatic nitrogens is 2. The van der Waals surface area contributed by atoms with Crippen molar-refractivity contribution in [1.29, 1.82) is 0 Å². The first kappa shape index (κ1) is 19.1. The van der Waals surface area contributed by atoms with Crippen LogP contribution in [0, 0.1) is 13.8 Å². The van der Waals surface area contributed by atoms with Gasteiger partial charge in [-0.05, 0) is 37.1 Å². The average molecular weight is 400 g/mol. The van der Waals surface area contributed by atoms with Gasteiger partial charge in [0, 0.05) is 31.1 Å². The van der Waals surface area contributed by atoms with Crippen molar-refractivity contribution >= 4 is 27.2 Å². The molecular weight excluding hydrogens is 374 g/mol. The lowest BCUT2D eigenvalue weighted by Gasteiger charge is -2.42. The van der Waals surface area contributed by atoms with Crippen LogP contribution in [0.15, 0.2) is 24.3 Å². The van der Waals surface area contributed by atoms with Gasteiger partial charge in [-0.25, -0.2) is 0 Å². The monoisotopic (exact) mass is 399 g/mol. The number of ether oxygens (including phenoxy) is 1. The van der Waals surface area contributed by atoms with E-state index in [1.807, 2.05) is 30.9 Å². The van der Waals surface area contributed by atoms with Crippen molar-refractivity contribution in [2.75, 3.05) is 25.9 Å². The smallest absolute Gasteiger partial charge is 0.148 e. The summed E-state index contributed by atoms with van der Waals surface area (Å²) in [6.07, 6.45) is -0.710. The summed E-state index contributed by atoms with van der Waals surface area (Å²) in [5.74, 6) is 0.859. The number of fused-ring (bicyclic) bond motifs is 1. The predicted octanol–water partition coefficient (Wildman–Crippen LogP) is 2.36. The molecule has 1 atom stereocenters. The highest BCUT2D eigenvalue weighted by molar-refractivity contribution is 7.19. The summed E-state index contributed by atoms with van der Waals surface area (Å²) < 4.78 is 5.18. The molecule has 1 aliphatic rings. The number of likely N-dealkylation sites (tertiary alicyclic amines) is 1. The van der Waals surface area contributed by atoms with Gasteiger partial charge in [0.15, 0.2) is 0 Å². The van der Waals surface area contributed by atoms with Gasteiger partial charge in [-0.15, -0.1) is 16.4 Å². The van der Waals surface area contributed by atoms with E-state index in [0.29, 0.717) is 11.7 Å². The Morgan fingerprint density at radius 1 is 1.29 bits per heavy atom. The topological polar surface area (TPSA) is 96.5 Å². The quantitative estimate of drug-likeness (QED) is 0.585. The van der Waals surface area contributed by atoms with E-state index < -0.39 is 6.23 Å². The molecule has 0 aliphatic carbocycles. The predicted molar refractivity (Wildman–Crippen MR) is 111 cm³/mol. The summed E-state index contributed by atoms with van der Waals surface area (Å²) >= 11 is 1.42. The second-order valence-electron chi connectivity index (χ2n) is 7.22. The summed E-state index contributed by atoms with van der Waals surface area (Å²) in [7, 11) is 1.67. The second kappa shape index (κ2) is 7.63. The van der Waals surface area contributed by atoms with Crippen LogP contribution in [0.4, 0.5) is 5.69 Å². The average Bonchev–Trinajstić information content (AvgIpc) is 3.01. The highest BCUT2D eigenvalue weighted by Crippen LogP contribution is 2.40. The zero-order valence-corrected chi connectivity index (χ0v) is 17.1. The molecule has 0 amide bonds. The molecule has 7 nitrogen and oxygen atoms in total. The Hall–Kier alpha value is -2.26. The number of hydrogen-bond donors (Lipinski definition) is 3. The number of nitrogen functional groups attached to an aromatic ring is 1. The third kappa shape index (κ3) is 3.44. The van der Waals surface area contributed by atoms with Crippen molar-refractivity contribution in [2.45, 2.75) is 32.7 Å². The normalized spacial score (nSPS) is 16.3. The zero-order chi connectivity index (χ0) is 19.8. The Morgan fingerprint density at radius 2 is 2.00 bits per heavy atom. The minimum Gasteiger partial charge on any atom is -0.497 e. The van der Waals surface area contributed by atoms with E-state index in [9.17, 15) is 5.11 Å². The summed E-state index contributed by atoms with van der Waals surface area (Å²) in [5.41, 5.74) is 10.1. The molecule has 0 radical (unpaired) electrons. The first-order valence-corrected chi connectivity index (χ1v) is 10.1. The van der Waals surface area contributed by atoms with Crippen LogP contribution < -0.4 is 15.8 Å². The van der Waals surface area contributed by atoms with Crippen LogP contribution in [0.3, 0.4) is 0 Å². The maximum absolute atomic E-state index is 10.8. The Labute approximate surface area is 168 Å². The van der Waals surface area contributed by atoms with Crippen molar-refractivity contribution < 1.29 is 9.84 Å². The Kier molecular flexibility index (Phi) is 5.20. The number of nitrogens with two attached hydrogens (primary N) is 1. The number of thiophene rings is 1. The van der Waals surface area contributed by atoms with E-state index >= 15 is 0 Å². The third-order valence-corrected chi connectivity index (χ3v) is 6.54. The van der Waals surface area contributed by atoms with E-state index in [2.05, 4.69) is 27.6 Å². The number of aliphatic hydroxyl groups is 1. The van der Waals surface area contributed by atoms with Crippen molar-refractivity contribution in [3.8, 4) is 5.75 Å². The molecule has 0 spiro atoms. The van der Waals surface area contributed by atoms with E-state index in [4.69, 9.17) is 10.5 Å². The number of benzene rings is 1. The van der Waals surface area contributed by atoms with Crippen LogP contribution in [0.2, 0.25) is 0 Å².